The van der Waals surface area contributed by atoms with Gasteiger partial charge in [-0.3, -0.25) is 4.79 Å². The van der Waals surface area contributed by atoms with Gasteiger partial charge >= 0.3 is 0 Å². The van der Waals surface area contributed by atoms with Crippen LogP contribution in [0.15, 0.2) is 23.1 Å². The molecule has 1 aromatic rings. The Morgan fingerprint density at radius 3 is 2.40 bits per heavy atom. The highest BCUT2D eigenvalue weighted by atomic mass is 32.2. The smallest absolute Gasteiger partial charge is 0.241 e. The second-order valence-electron chi connectivity index (χ2n) is 5.70. The molecule has 0 aliphatic rings. The summed E-state index contributed by atoms with van der Waals surface area (Å²) in [4.78, 5) is 11.7. The molecule has 7 heteroatoms. The second-order valence-corrected chi connectivity index (χ2v) is 7.23. The lowest BCUT2D eigenvalue weighted by Crippen LogP contribution is -2.20. The van der Waals surface area contributed by atoms with E-state index in [2.05, 4.69) is 5.32 Å². The lowest BCUT2D eigenvalue weighted by atomic mass is 9.92. The van der Waals surface area contributed by atoms with Gasteiger partial charge in [-0.15, -0.1) is 0 Å². The highest BCUT2D eigenvalue weighted by Gasteiger charge is 2.18. The van der Waals surface area contributed by atoms with Gasteiger partial charge in [0.15, 0.2) is 0 Å². The van der Waals surface area contributed by atoms with Gasteiger partial charge in [0, 0.05) is 18.2 Å². The van der Waals surface area contributed by atoms with Crippen molar-refractivity contribution in [3.63, 3.8) is 0 Å². The Labute approximate surface area is 119 Å². The second kappa shape index (κ2) is 5.80. The largest absolute Gasteiger partial charge is 0.495 e. The van der Waals surface area contributed by atoms with E-state index in [0.29, 0.717) is 12.1 Å². The van der Waals surface area contributed by atoms with Gasteiger partial charge in [-0.1, -0.05) is 20.8 Å². The quantitative estimate of drug-likeness (QED) is 0.884. The summed E-state index contributed by atoms with van der Waals surface area (Å²) in [6, 6.07) is 4.21. The van der Waals surface area contributed by atoms with Crippen LogP contribution in [0, 0.1) is 5.41 Å². The molecule has 3 N–H and O–H groups in total. The summed E-state index contributed by atoms with van der Waals surface area (Å²) in [5, 5.41) is 7.77. The van der Waals surface area contributed by atoms with Crippen LogP contribution in [0.5, 0.6) is 5.75 Å². The van der Waals surface area contributed by atoms with E-state index in [-0.39, 0.29) is 22.0 Å². The van der Waals surface area contributed by atoms with Crippen molar-refractivity contribution in [2.75, 3.05) is 12.4 Å². The number of hydrogen-bond donors (Lipinski definition) is 2. The van der Waals surface area contributed by atoms with Crippen LogP contribution in [-0.2, 0) is 14.8 Å². The zero-order valence-corrected chi connectivity index (χ0v) is 12.9. The third-order valence-electron chi connectivity index (χ3n) is 2.44. The highest BCUT2D eigenvalue weighted by Crippen LogP contribution is 2.27. The van der Waals surface area contributed by atoms with Crippen LogP contribution in [-0.4, -0.2) is 21.4 Å². The molecule has 0 heterocycles. The molecule has 0 unspecified atom stereocenters. The summed E-state index contributed by atoms with van der Waals surface area (Å²) in [7, 11) is -2.52. The van der Waals surface area contributed by atoms with E-state index in [1.807, 2.05) is 20.8 Å². The molecule has 6 nitrogen and oxygen atoms in total. The SMILES string of the molecule is COc1cc(NC(=O)CC(C)(C)C)ccc1S(N)(=O)=O. The van der Waals surface area contributed by atoms with Crippen molar-refractivity contribution in [2.45, 2.75) is 32.1 Å². The first-order valence-corrected chi connectivity index (χ1v) is 7.58. The van der Waals surface area contributed by atoms with Crippen LogP contribution >= 0.6 is 0 Å². The number of nitrogens with one attached hydrogen (secondary N) is 1. The summed E-state index contributed by atoms with van der Waals surface area (Å²) < 4.78 is 27.7. The maximum atomic E-state index is 11.8. The normalized spacial score (nSPS) is 12.1. The van der Waals surface area contributed by atoms with Gasteiger partial charge < -0.3 is 10.1 Å². The van der Waals surface area contributed by atoms with Crippen molar-refractivity contribution in [3.8, 4) is 5.75 Å². The Hall–Kier alpha value is -1.60. The van der Waals surface area contributed by atoms with Gasteiger partial charge in [-0.25, -0.2) is 13.6 Å². The number of sulfonamides is 1. The molecule has 112 valence electrons. The van der Waals surface area contributed by atoms with Crippen molar-refractivity contribution in [1.82, 2.24) is 0 Å². The average molecular weight is 300 g/mol. The minimum absolute atomic E-state index is 0.0982. The van der Waals surface area contributed by atoms with Crippen LogP contribution in [0.1, 0.15) is 27.2 Å². The molecule has 0 bridgehead atoms. The molecule has 0 aliphatic heterocycles. The molecule has 0 atom stereocenters. The number of primary sulfonamides is 1. The van der Waals surface area contributed by atoms with Crippen LogP contribution < -0.4 is 15.2 Å². The molecule has 0 saturated carbocycles. The van der Waals surface area contributed by atoms with Gasteiger partial charge in [0.2, 0.25) is 15.9 Å². The van der Waals surface area contributed by atoms with Gasteiger partial charge in [0.1, 0.15) is 10.6 Å². The van der Waals surface area contributed by atoms with E-state index in [0.717, 1.165) is 0 Å². The Morgan fingerprint density at radius 1 is 1.35 bits per heavy atom. The fourth-order valence-electron chi connectivity index (χ4n) is 1.67. The zero-order chi connectivity index (χ0) is 15.6. The topological polar surface area (TPSA) is 98.5 Å². The molecule has 20 heavy (non-hydrogen) atoms. The number of carbonyl (C=O) groups excluding carboxylic acids is 1. The molecule has 1 amide bonds. The van der Waals surface area contributed by atoms with Crippen molar-refractivity contribution in [2.24, 2.45) is 10.6 Å². The molecule has 1 rings (SSSR count). The first kappa shape index (κ1) is 16.5. The fraction of sp³-hybridized carbons (Fsp3) is 0.462. The Morgan fingerprint density at radius 2 is 1.95 bits per heavy atom. The lowest BCUT2D eigenvalue weighted by Gasteiger charge is -2.17. The van der Waals surface area contributed by atoms with E-state index in [1.54, 1.807) is 0 Å². The van der Waals surface area contributed by atoms with Gasteiger partial charge in [-0.2, -0.15) is 0 Å². The van der Waals surface area contributed by atoms with Crippen LogP contribution in [0.2, 0.25) is 0 Å². The Bertz CT molecular complexity index is 603. The molecule has 0 saturated heterocycles. The third-order valence-corrected chi connectivity index (χ3v) is 3.40. The average Bonchev–Trinajstić information content (AvgIpc) is 2.24. The van der Waals surface area contributed by atoms with E-state index >= 15 is 0 Å². The summed E-state index contributed by atoms with van der Waals surface area (Å²) >= 11 is 0. The Balaban J connectivity index is 2.98. The van der Waals surface area contributed by atoms with E-state index in [9.17, 15) is 13.2 Å². The van der Waals surface area contributed by atoms with Crippen molar-refractivity contribution >= 4 is 21.6 Å². The summed E-state index contributed by atoms with van der Waals surface area (Å²) in [5.74, 6) is -0.0519. The van der Waals surface area contributed by atoms with Crippen LogP contribution in [0.25, 0.3) is 0 Å². The number of anilines is 1. The summed E-state index contributed by atoms with van der Waals surface area (Å²) in [6.45, 7) is 5.87. The standard InChI is InChI=1S/C13H20N2O4S/c1-13(2,3)8-12(16)15-9-5-6-11(20(14,17)18)10(7-9)19-4/h5-7H,8H2,1-4H3,(H,15,16)(H2,14,17,18). The summed E-state index contributed by atoms with van der Waals surface area (Å²) in [5.41, 5.74) is 0.331. The first-order valence-electron chi connectivity index (χ1n) is 6.03. The highest BCUT2D eigenvalue weighted by molar-refractivity contribution is 7.89. The first-order chi connectivity index (χ1) is 9.03. The van der Waals surface area contributed by atoms with Gasteiger partial charge in [0.05, 0.1) is 7.11 Å². The summed E-state index contributed by atoms with van der Waals surface area (Å²) in [6.07, 6.45) is 0.353. The molecule has 0 radical (unpaired) electrons. The molecule has 1 aromatic carbocycles. The molecular formula is C13H20N2O4S. The maximum absolute atomic E-state index is 11.8. The third kappa shape index (κ3) is 4.82. The van der Waals surface area contributed by atoms with E-state index in [4.69, 9.17) is 9.88 Å². The Kier molecular flexibility index (Phi) is 4.77. The van der Waals surface area contributed by atoms with Crippen molar-refractivity contribution < 1.29 is 17.9 Å². The molecule has 0 aliphatic carbocycles. The fourth-order valence-corrected chi connectivity index (χ4v) is 2.35. The molecule has 0 spiro atoms. The molecule has 0 fully saturated rings. The number of nitrogens with two attached hydrogens (primary N) is 1. The number of ether oxygens (including phenoxy) is 1. The minimum atomic E-state index is -3.86. The molecular weight excluding hydrogens is 280 g/mol. The number of hydrogen-bond acceptors (Lipinski definition) is 4. The number of methoxy groups -OCH3 is 1. The minimum Gasteiger partial charge on any atom is -0.495 e. The van der Waals surface area contributed by atoms with Crippen molar-refractivity contribution in [1.29, 1.82) is 0 Å². The van der Waals surface area contributed by atoms with Crippen LogP contribution in [0.4, 0.5) is 5.69 Å². The van der Waals surface area contributed by atoms with E-state index < -0.39 is 10.0 Å². The number of amides is 1. The number of benzene rings is 1. The van der Waals surface area contributed by atoms with Gasteiger partial charge in [0.25, 0.3) is 0 Å². The van der Waals surface area contributed by atoms with Gasteiger partial charge in [-0.05, 0) is 17.5 Å². The van der Waals surface area contributed by atoms with Crippen LogP contribution in [0.3, 0.4) is 0 Å². The van der Waals surface area contributed by atoms with E-state index in [1.165, 1.54) is 25.3 Å². The number of carbonyl (C=O) groups is 1. The zero-order valence-electron chi connectivity index (χ0n) is 12.1. The lowest BCUT2D eigenvalue weighted by molar-refractivity contribution is -0.117. The van der Waals surface area contributed by atoms with Crippen molar-refractivity contribution in [3.05, 3.63) is 18.2 Å². The monoisotopic (exact) mass is 300 g/mol. The molecule has 0 aromatic heterocycles. The predicted molar refractivity (Wildman–Crippen MR) is 77.1 cm³/mol. The number of rotatable bonds is 4. The predicted octanol–water partition coefficient (Wildman–Crippen LogP) is 1.72. The maximum Gasteiger partial charge on any atom is 0.241 e.